The zero-order valence-corrected chi connectivity index (χ0v) is 14.8. The Morgan fingerprint density at radius 1 is 0.880 bits per heavy atom. The molecule has 0 unspecified atom stereocenters. The number of benzene rings is 3. The highest BCUT2D eigenvalue weighted by Crippen LogP contribution is 2.27. The molecule has 0 spiro atoms. The van der Waals surface area contributed by atoms with Crippen molar-refractivity contribution in [1.29, 1.82) is 0 Å². The Morgan fingerprint density at radius 2 is 1.60 bits per heavy atom. The largest absolute Gasteiger partial charge is 0.488 e. The summed E-state index contributed by atoms with van der Waals surface area (Å²) >= 11 is 12.1. The van der Waals surface area contributed by atoms with Crippen molar-refractivity contribution < 1.29 is 9.13 Å². The SMILES string of the molecule is Fc1ccccc1COc1ccccc1CNc1ccc(Cl)cc1Cl. The molecule has 0 aliphatic carbocycles. The average molecular weight is 376 g/mol. The van der Waals surface area contributed by atoms with Crippen molar-refractivity contribution in [2.75, 3.05) is 5.32 Å². The van der Waals surface area contributed by atoms with E-state index in [1.807, 2.05) is 30.3 Å². The van der Waals surface area contributed by atoms with Crippen LogP contribution >= 0.6 is 23.2 Å². The molecular formula is C20H16Cl2FNO. The third-order valence-electron chi connectivity index (χ3n) is 3.71. The summed E-state index contributed by atoms with van der Waals surface area (Å²) in [6, 6.07) is 19.5. The molecule has 0 radical (unpaired) electrons. The van der Waals surface area contributed by atoms with Crippen LogP contribution in [-0.4, -0.2) is 0 Å². The topological polar surface area (TPSA) is 21.3 Å². The second kappa shape index (κ2) is 8.24. The van der Waals surface area contributed by atoms with E-state index < -0.39 is 0 Å². The lowest BCUT2D eigenvalue weighted by molar-refractivity contribution is 0.297. The zero-order valence-electron chi connectivity index (χ0n) is 13.3. The van der Waals surface area contributed by atoms with Gasteiger partial charge in [0.25, 0.3) is 0 Å². The Labute approximate surface area is 156 Å². The second-order valence-corrected chi connectivity index (χ2v) is 6.31. The number of para-hydroxylation sites is 1. The van der Waals surface area contributed by atoms with Gasteiger partial charge >= 0.3 is 0 Å². The van der Waals surface area contributed by atoms with Gasteiger partial charge in [-0.1, -0.05) is 59.6 Å². The molecule has 1 N–H and O–H groups in total. The van der Waals surface area contributed by atoms with Crippen LogP contribution in [0.3, 0.4) is 0 Å². The molecule has 5 heteroatoms. The van der Waals surface area contributed by atoms with Crippen LogP contribution in [0, 0.1) is 5.82 Å². The van der Waals surface area contributed by atoms with Gasteiger partial charge in [-0.25, -0.2) is 4.39 Å². The van der Waals surface area contributed by atoms with Gasteiger partial charge in [-0.05, 0) is 30.3 Å². The number of hydrogen-bond acceptors (Lipinski definition) is 2. The van der Waals surface area contributed by atoms with Gasteiger partial charge in [0.05, 0.1) is 10.7 Å². The van der Waals surface area contributed by atoms with E-state index >= 15 is 0 Å². The summed E-state index contributed by atoms with van der Waals surface area (Å²) in [7, 11) is 0. The number of rotatable bonds is 6. The van der Waals surface area contributed by atoms with Crippen LogP contribution < -0.4 is 10.1 Å². The van der Waals surface area contributed by atoms with Gasteiger partial charge in [-0.2, -0.15) is 0 Å². The van der Waals surface area contributed by atoms with Crippen molar-refractivity contribution in [1.82, 2.24) is 0 Å². The van der Waals surface area contributed by atoms with Gasteiger partial charge in [0, 0.05) is 22.7 Å². The molecule has 3 aromatic rings. The third kappa shape index (κ3) is 4.65. The Morgan fingerprint density at radius 3 is 2.36 bits per heavy atom. The van der Waals surface area contributed by atoms with E-state index in [1.54, 1.807) is 30.3 Å². The number of nitrogens with one attached hydrogen (secondary N) is 1. The maximum absolute atomic E-state index is 13.7. The normalized spacial score (nSPS) is 10.5. The first-order chi connectivity index (χ1) is 12.1. The molecule has 0 bridgehead atoms. The quantitative estimate of drug-likeness (QED) is 0.543. The first-order valence-corrected chi connectivity index (χ1v) is 8.52. The van der Waals surface area contributed by atoms with E-state index in [1.165, 1.54) is 6.07 Å². The van der Waals surface area contributed by atoms with Crippen LogP contribution in [0.25, 0.3) is 0 Å². The Hall–Kier alpha value is -2.23. The minimum atomic E-state index is -0.272. The summed E-state index contributed by atoms with van der Waals surface area (Å²) in [5.74, 6) is 0.425. The lowest BCUT2D eigenvalue weighted by atomic mass is 10.2. The third-order valence-corrected chi connectivity index (χ3v) is 4.26. The maximum Gasteiger partial charge on any atom is 0.129 e. The Kier molecular flexibility index (Phi) is 5.79. The fourth-order valence-corrected chi connectivity index (χ4v) is 2.86. The highest BCUT2D eigenvalue weighted by Gasteiger charge is 2.07. The molecular weight excluding hydrogens is 360 g/mol. The van der Waals surface area contributed by atoms with E-state index in [2.05, 4.69) is 5.32 Å². The molecule has 0 saturated heterocycles. The molecule has 0 amide bonds. The molecule has 2 nitrogen and oxygen atoms in total. The monoisotopic (exact) mass is 375 g/mol. The van der Waals surface area contributed by atoms with Crippen molar-refractivity contribution >= 4 is 28.9 Å². The van der Waals surface area contributed by atoms with Crippen molar-refractivity contribution in [2.45, 2.75) is 13.2 Å². The number of anilines is 1. The molecule has 3 aromatic carbocycles. The van der Waals surface area contributed by atoms with Crippen molar-refractivity contribution in [3.8, 4) is 5.75 Å². The number of halogens is 3. The molecule has 0 aromatic heterocycles. The van der Waals surface area contributed by atoms with Gasteiger partial charge < -0.3 is 10.1 Å². The van der Waals surface area contributed by atoms with Crippen molar-refractivity contribution in [3.05, 3.63) is 93.7 Å². The second-order valence-electron chi connectivity index (χ2n) is 5.47. The zero-order chi connectivity index (χ0) is 17.6. The summed E-state index contributed by atoms with van der Waals surface area (Å²) in [4.78, 5) is 0. The molecule has 0 fully saturated rings. The molecule has 0 saturated carbocycles. The van der Waals surface area contributed by atoms with Gasteiger partial charge in [-0.3, -0.25) is 0 Å². The molecule has 0 atom stereocenters. The van der Waals surface area contributed by atoms with Gasteiger partial charge in [0.1, 0.15) is 18.2 Å². The molecule has 25 heavy (non-hydrogen) atoms. The fourth-order valence-electron chi connectivity index (χ4n) is 2.38. The molecule has 0 aliphatic heterocycles. The van der Waals surface area contributed by atoms with E-state index in [9.17, 15) is 4.39 Å². The van der Waals surface area contributed by atoms with E-state index in [4.69, 9.17) is 27.9 Å². The predicted molar refractivity (Wildman–Crippen MR) is 101 cm³/mol. The van der Waals surface area contributed by atoms with Crippen LogP contribution in [0.2, 0.25) is 10.0 Å². The molecule has 0 aliphatic rings. The van der Waals surface area contributed by atoms with E-state index in [0.29, 0.717) is 27.9 Å². The van der Waals surface area contributed by atoms with Crippen molar-refractivity contribution in [2.24, 2.45) is 0 Å². The summed E-state index contributed by atoms with van der Waals surface area (Å²) in [6.07, 6.45) is 0. The van der Waals surface area contributed by atoms with E-state index in [0.717, 1.165) is 11.3 Å². The summed E-state index contributed by atoms with van der Waals surface area (Å²) in [6.45, 7) is 0.695. The Balaban J connectivity index is 1.69. The standard InChI is InChI=1S/C20H16Cl2FNO/c21-16-9-10-19(17(22)11-16)24-12-14-5-2-4-8-20(14)25-13-15-6-1-3-7-18(15)23/h1-11,24H,12-13H2. The first kappa shape index (κ1) is 17.6. The molecule has 3 rings (SSSR count). The van der Waals surface area contributed by atoms with Crippen LogP contribution in [0.4, 0.5) is 10.1 Å². The minimum absolute atomic E-state index is 0.172. The van der Waals surface area contributed by atoms with Crippen LogP contribution in [0.15, 0.2) is 66.7 Å². The summed E-state index contributed by atoms with van der Waals surface area (Å²) in [5, 5.41) is 4.40. The fraction of sp³-hybridized carbons (Fsp3) is 0.100. The first-order valence-electron chi connectivity index (χ1n) is 7.76. The average Bonchev–Trinajstić information content (AvgIpc) is 2.61. The van der Waals surface area contributed by atoms with E-state index in [-0.39, 0.29) is 12.4 Å². The lowest BCUT2D eigenvalue weighted by Gasteiger charge is -2.14. The summed E-state index contributed by atoms with van der Waals surface area (Å²) < 4.78 is 19.5. The smallest absolute Gasteiger partial charge is 0.129 e. The molecule has 0 heterocycles. The van der Waals surface area contributed by atoms with Gasteiger partial charge in [0.15, 0.2) is 0 Å². The molecule has 128 valence electrons. The summed E-state index contributed by atoms with van der Waals surface area (Å²) in [5.41, 5.74) is 2.26. The van der Waals surface area contributed by atoms with Crippen LogP contribution in [0.1, 0.15) is 11.1 Å². The maximum atomic E-state index is 13.7. The van der Waals surface area contributed by atoms with Crippen LogP contribution in [-0.2, 0) is 13.2 Å². The number of ether oxygens (including phenoxy) is 1. The van der Waals surface area contributed by atoms with Gasteiger partial charge in [0.2, 0.25) is 0 Å². The Bertz CT molecular complexity index is 870. The minimum Gasteiger partial charge on any atom is -0.488 e. The number of hydrogen-bond donors (Lipinski definition) is 1. The highest BCUT2D eigenvalue weighted by molar-refractivity contribution is 6.36. The highest BCUT2D eigenvalue weighted by atomic mass is 35.5. The predicted octanol–water partition coefficient (Wildman–Crippen LogP) is 6.32. The van der Waals surface area contributed by atoms with Crippen LogP contribution in [0.5, 0.6) is 5.75 Å². The lowest BCUT2D eigenvalue weighted by Crippen LogP contribution is -2.04. The van der Waals surface area contributed by atoms with Gasteiger partial charge in [-0.15, -0.1) is 0 Å². The van der Waals surface area contributed by atoms with Crippen molar-refractivity contribution in [3.63, 3.8) is 0 Å².